The van der Waals surface area contributed by atoms with Crippen molar-refractivity contribution >= 4 is 17.7 Å². The molecule has 244 valence electrons. The van der Waals surface area contributed by atoms with Gasteiger partial charge in [-0.1, -0.05) is 129 Å². The first kappa shape index (κ1) is 37.8. The van der Waals surface area contributed by atoms with Crippen molar-refractivity contribution in [2.75, 3.05) is 23.9 Å². The van der Waals surface area contributed by atoms with Gasteiger partial charge in [-0.25, -0.2) is 0 Å². The molecule has 0 aliphatic rings. The molecule has 0 aliphatic carbocycles. The molecule has 0 bridgehead atoms. The van der Waals surface area contributed by atoms with E-state index in [-0.39, 0.29) is 10.8 Å². The lowest BCUT2D eigenvalue weighted by atomic mass is 9.72. The first-order chi connectivity index (χ1) is 21.7. The van der Waals surface area contributed by atoms with Gasteiger partial charge in [0.25, 0.3) is 0 Å². The first-order valence-corrected chi connectivity index (χ1v) is 16.3. The van der Waals surface area contributed by atoms with Crippen molar-refractivity contribution in [3.05, 3.63) is 155 Å². The zero-order valence-electron chi connectivity index (χ0n) is 30.3. The van der Waals surface area contributed by atoms with E-state index in [0.29, 0.717) is 0 Å². The minimum atomic E-state index is -0.214. The second-order valence-electron chi connectivity index (χ2n) is 12.7. The fraction of sp³-hybridized carbons (Fsp3) is 0.326. The highest BCUT2D eigenvalue weighted by molar-refractivity contribution is 5.69. The van der Waals surface area contributed by atoms with E-state index in [1.165, 1.54) is 45.0 Å². The highest BCUT2D eigenvalue weighted by atomic mass is 16.1. The number of carbonyl (C=O) groups excluding carboxylic acids is 1. The molecule has 3 aromatic rings. The molecular formula is C43H56N2O. The second-order valence-corrected chi connectivity index (χ2v) is 12.7. The number of aldehydes is 1. The quantitative estimate of drug-likeness (QED) is 0.108. The maximum atomic E-state index is 10.9. The minimum Gasteiger partial charge on any atom is -0.345 e. The molecule has 46 heavy (non-hydrogen) atoms. The van der Waals surface area contributed by atoms with E-state index in [1.807, 2.05) is 40.1 Å². The van der Waals surface area contributed by atoms with Gasteiger partial charge in [-0.15, -0.1) is 0 Å². The molecule has 0 unspecified atom stereocenters. The Morgan fingerprint density at radius 1 is 0.739 bits per heavy atom. The van der Waals surface area contributed by atoms with Crippen molar-refractivity contribution in [2.24, 2.45) is 0 Å². The summed E-state index contributed by atoms with van der Waals surface area (Å²) >= 11 is 0. The lowest BCUT2D eigenvalue weighted by molar-refractivity contribution is -0.104. The van der Waals surface area contributed by atoms with Crippen LogP contribution in [0.4, 0.5) is 11.4 Å². The van der Waals surface area contributed by atoms with E-state index in [1.54, 1.807) is 12.2 Å². The SMILES string of the molecule is C=C/C=C\C(=C)N(C)c1ccc(C(C)(C)c2cccc(C(C)(C)c3cc(C)c(N(C)C(=C)/C=C\C=O)c(CC)c3)c2)cc1C.CC. The summed E-state index contributed by atoms with van der Waals surface area (Å²) in [5.41, 5.74) is 12.3. The minimum absolute atomic E-state index is 0.194. The molecular weight excluding hydrogens is 560 g/mol. The molecule has 0 radical (unpaired) electrons. The average Bonchev–Trinajstić information content (AvgIpc) is 3.05. The van der Waals surface area contributed by atoms with Gasteiger partial charge in [0.05, 0.1) is 0 Å². The second kappa shape index (κ2) is 16.3. The van der Waals surface area contributed by atoms with Gasteiger partial charge in [-0.3, -0.25) is 4.79 Å². The summed E-state index contributed by atoms with van der Waals surface area (Å²) in [5, 5.41) is 0. The number of hydrogen-bond acceptors (Lipinski definition) is 3. The lowest BCUT2D eigenvalue weighted by Gasteiger charge is -2.33. The Bertz CT molecular complexity index is 1620. The fourth-order valence-electron chi connectivity index (χ4n) is 5.86. The van der Waals surface area contributed by atoms with Gasteiger partial charge in [-0.05, 0) is 83.5 Å². The molecule has 0 spiro atoms. The number of aryl methyl sites for hydroxylation is 3. The number of rotatable bonds is 13. The van der Waals surface area contributed by atoms with Gasteiger partial charge in [0.15, 0.2) is 0 Å². The van der Waals surface area contributed by atoms with Gasteiger partial charge in [0, 0.05) is 47.7 Å². The zero-order valence-corrected chi connectivity index (χ0v) is 30.3. The third kappa shape index (κ3) is 8.26. The Kier molecular flexibility index (Phi) is 13.4. The Morgan fingerprint density at radius 2 is 1.26 bits per heavy atom. The number of carbonyl (C=O) groups is 1. The molecule has 0 heterocycles. The number of likely N-dealkylation sites (N-methyl/N-ethyl adjacent to an activating group) is 2. The molecule has 3 rings (SSSR count). The summed E-state index contributed by atoms with van der Waals surface area (Å²) in [5.74, 6) is 0. The van der Waals surface area contributed by atoms with Gasteiger partial charge >= 0.3 is 0 Å². The van der Waals surface area contributed by atoms with Crippen LogP contribution in [0.5, 0.6) is 0 Å². The summed E-state index contributed by atoms with van der Waals surface area (Å²) < 4.78 is 0. The van der Waals surface area contributed by atoms with E-state index < -0.39 is 0 Å². The normalized spacial score (nSPS) is 11.6. The van der Waals surface area contributed by atoms with Crippen molar-refractivity contribution in [1.82, 2.24) is 0 Å². The summed E-state index contributed by atoms with van der Waals surface area (Å²) in [4.78, 5) is 15.1. The van der Waals surface area contributed by atoms with Crippen LogP contribution in [-0.4, -0.2) is 20.4 Å². The number of hydrogen-bond donors (Lipinski definition) is 0. The van der Waals surface area contributed by atoms with Gasteiger partial charge in [0.1, 0.15) is 6.29 Å². The highest BCUT2D eigenvalue weighted by Gasteiger charge is 2.29. The molecule has 3 aromatic carbocycles. The Hall–Kier alpha value is -4.37. The van der Waals surface area contributed by atoms with Gasteiger partial charge < -0.3 is 9.80 Å². The van der Waals surface area contributed by atoms with E-state index in [4.69, 9.17) is 0 Å². The maximum Gasteiger partial charge on any atom is 0.142 e. The first-order valence-electron chi connectivity index (χ1n) is 16.3. The number of benzene rings is 3. The van der Waals surface area contributed by atoms with Crippen LogP contribution < -0.4 is 9.80 Å². The molecule has 0 amide bonds. The van der Waals surface area contributed by atoms with Crippen molar-refractivity contribution in [3.8, 4) is 0 Å². The third-order valence-electron chi connectivity index (χ3n) is 9.06. The summed E-state index contributed by atoms with van der Waals surface area (Å²) in [7, 11) is 4.06. The monoisotopic (exact) mass is 616 g/mol. The highest BCUT2D eigenvalue weighted by Crippen LogP contribution is 2.40. The Morgan fingerprint density at radius 3 is 1.80 bits per heavy atom. The number of allylic oxidation sites excluding steroid dienone is 5. The van der Waals surface area contributed by atoms with Crippen LogP contribution in [0.15, 0.2) is 116 Å². The van der Waals surface area contributed by atoms with E-state index in [0.717, 1.165) is 35.5 Å². The molecule has 0 fully saturated rings. The molecule has 3 nitrogen and oxygen atoms in total. The van der Waals surface area contributed by atoms with Crippen LogP contribution in [0.25, 0.3) is 0 Å². The van der Waals surface area contributed by atoms with Crippen LogP contribution >= 0.6 is 0 Å². The van der Waals surface area contributed by atoms with Crippen LogP contribution in [0, 0.1) is 13.8 Å². The smallest absolute Gasteiger partial charge is 0.142 e. The van der Waals surface area contributed by atoms with E-state index >= 15 is 0 Å². The van der Waals surface area contributed by atoms with Gasteiger partial charge in [0.2, 0.25) is 0 Å². The Balaban J connectivity index is 0.00000361. The van der Waals surface area contributed by atoms with Crippen molar-refractivity contribution in [2.45, 2.75) is 79.6 Å². The molecule has 0 aliphatic heterocycles. The summed E-state index contributed by atoms with van der Waals surface area (Å²) in [6.45, 7) is 31.9. The fourth-order valence-corrected chi connectivity index (χ4v) is 5.86. The van der Waals surface area contributed by atoms with Crippen LogP contribution in [-0.2, 0) is 22.0 Å². The molecule has 0 saturated heterocycles. The Labute approximate surface area is 280 Å². The van der Waals surface area contributed by atoms with Crippen LogP contribution in [0.1, 0.15) is 87.4 Å². The van der Waals surface area contributed by atoms with Crippen molar-refractivity contribution in [3.63, 3.8) is 0 Å². The molecule has 0 N–H and O–H groups in total. The van der Waals surface area contributed by atoms with E-state index in [9.17, 15) is 4.79 Å². The van der Waals surface area contributed by atoms with Gasteiger partial charge in [-0.2, -0.15) is 0 Å². The maximum absolute atomic E-state index is 10.9. The summed E-state index contributed by atoms with van der Waals surface area (Å²) in [6, 6.07) is 20.4. The topological polar surface area (TPSA) is 23.6 Å². The molecule has 0 saturated carbocycles. The average molecular weight is 617 g/mol. The van der Waals surface area contributed by atoms with E-state index in [2.05, 4.69) is 133 Å². The predicted octanol–water partition coefficient (Wildman–Crippen LogP) is 10.9. The van der Waals surface area contributed by atoms with Crippen LogP contribution in [0.3, 0.4) is 0 Å². The van der Waals surface area contributed by atoms with Crippen LogP contribution in [0.2, 0.25) is 0 Å². The standard InChI is InChI=1S/C41H50N2O.C2H6/c1-13-15-18-31(5)42(11)38-23-22-36(25-29(38)3)40(7,8)34-20-16-21-35(28-34)41(9,10)37-26-30(4)39(33(14-2)27-37)43(12)32(6)19-17-24-44;1-2/h13,15-28H,1,5-6,14H2,2-4,7-12H3;1-2H3/b18-15-,19-17-;. The number of anilines is 2. The van der Waals surface area contributed by atoms with Crippen molar-refractivity contribution < 1.29 is 4.79 Å². The van der Waals surface area contributed by atoms with Crippen molar-refractivity contribution in [1.29, 1.82) is 0 Å². The predicted molar refractivity (Wildman–Crippen MR) is 203 cm³/mol. The molecule has 3 heteroatoms. The lowest BCUT2D eigenvalue weighted by Crippen LogP contribution is -2.24. The molecule has 0 atom stereocenters. The zero-order chi connectivity index (χ0) is 34.8. The third-order valence-corrected chi connectivity index (χ3v) is 9.06. The molecule has 0 aromatic heterocycles. The summed E-state index contributed by atoms with van der Waals surface area (Å²) in [6.07, 6.45) is 10.6. The largest absolute Gasteiger partial charge is 0.345 e. The number of nitrogens with zero attached hydrogens (tertiary/aromatic N) is 2.